The Morgan fingerprint density at radius 2 is 2.10 bits per heavy atom. The van der Waals surface area contributed by atoms with Crippen molar-refractivity contribution in [1.82, 2.24) is 9.88 Å². The van der Waals surface area contributed by atoms with E-state index in [0.717, 1.165) is 13.0 Å². The highest BCUT2D eigenvalue weighted by molar-refractivity contribution is 7.90. The summed E-state index contributed by atoms with van der Waals surface area (Å²) in [5.74, 6) is 0.229. The predicted molar refractivity (Wildman–Crippen MR) is 81.7 cm³/mol. The molecule has 0 bridgehead atoms. The van der Waals surface area contributed by atoms with Gasteiger partial charge in [-0.3, -0.25) is 4.90 Å². The quantitative estimate of drug-likeness (QED) is 0.943. The van der Waals surface area contributed by atoms with Gasteiger partial charge in [-0.25, -0.2) is 8.42 Å². The summed E-state index contributed by atoms with van der Waals surface area (Å²) < 4.78 is 22.7. The van der Waals surface area contributed by atoms with Crippen LogP contribution >= 0.6 is 0 Å². The first-order valence-corrected chi connectivity index (χ1v) is 9.03. The topological polar surface area (TPSA) is 53.2 Å². The summed E-state index contributed by atoms with van der Waals surface area (Å²) >= 11 is 0. The van der Waals surface area contributed by atoms with Crippen molar-refractivity contribution in [1.29, 1.82) is 0 Å². The summed E-state index contributed by atoms with van der Waals surface area (Å²) in [4.78, 5) is 5.75. The van der Waals surface area contributed by atoms with Crippen LogP contribution in [0.2, 0.25) is 0 Å². The summed E-state index contributed by atoms with van der Waals surface area (Å²) in [6.07, 6.45) is 2.28. The Balaban J connectivity index is 1.89. The van der Waals surface area contributed by atoms with Gasteiger partial charge in [0.15, 0.2) is 0 Å². The Morgan fingerprint density at radius 1 is 1.35 bits per heavy atom. The Morgan fingerprint density at radius 3 is 2.85 bits per heavy atom. The van der Waals surface area contributed by atoms with Gasteiger partial charge in [0.1, 0.15) is 9.84 Å². The lowest BCUT2D eigenvalue weighted by molar-refractivity contribution is 0.208. The van der Waals surface area contributed by atoms with Crippen molar-refractivity contribution in [2.45, 2.75) is 19.4 Å². The van der Waals surface area contributed by atoms with Crippen LogP contribution in [0.15, 0.2) is 24.3 Å². The molecule has 1 aromatic carbocycles. The fourth-order valence-electron chi connectivity index (χ4n) is 3.07. The maximum atomic E-state index is 11.3. The number of nitrogens with one attached hydrogen (secondary N) is 1. The fraction of sp³-hybridized carbons (Fsp3) is 0.467. The molecule has 0 amide bonds. The molecule has 4 nitrogen and oxygen atoms in total. The summed E-state index contributed by atoms with van der Waals surface area (Å²) in [6.45, 7) is 3.68. The maximum Gasteiger partial charge on any atom is 0.148 e. The van der Waals surface area contributed by atoms with Crippen molar-refractivity contribution in [3.8, 4) is 0 Å². The van der Waals surface area contributed by atoms with Gasteiger partial charge in [-0.05, 0) is 25.0 Å². The molecule has 0 fully saturated rings. The van der Waals surface area contributed by atoms with E-state index in [1.807, 2.05) is 6.07 Å². The van der Waals surface area contributed by atoms with E-state index in [9.17, 15) is 8.42 Å². The predicted octanol–water partition coefficient (Wildman–Crippen LogP) is 2.13. The van der Waals surface area contributed by atoms with E-state index in [1.54, 1.807) is 0 Å². The number of sulfone groups is 1. The molecule has 2 heterocycles. The molecule has 0 unspecified atom stereocenters. The van der Waals surface area contributed by atoms with Crippen LogP contribution < -0.4 is 0 Å². The molecule has 1 aliphatic heterocycles. The van der Waals surface area contributed by atoms with Gasteiger partial charge in [0, 0.05) is 42.0 Å². The zero-order chi connectivity index (χ0) is 14.3. The van der Waals surface area contributed by atoms with Gasteiger partial charge in [-0.1, -0.05) is 18.2 Å². The largest absolute Gasteiger partial charge is 0.357 e. The second kappa shape index (κ2) is 4.90. The number of hydrogen-bond donors (Lipinski definition) is 1. The number of fused-ring (bicyclic) bond motifs is 3. The van der Waals surface area contributed by atoms with Crippen LogP contribution in [0.3, 0.4) is 0 Å². The van der Waals surface area contributed by atoms with E-state index in [1.165, 1.54) is 28.4 Å². The van der Waals surface area contributed by atoms with Gasteiger partial charge in [0.05, 0.1) is 5.75 Å². The first kappa shape index (κ1) is 13.6. The molecule has 0 saturated carbocycles. The molecule has 108 valence electrons. The van der Waals surface area contributed by atoms with Crippen molar-refractivity contribution < 1.29 is 8.42 Å². The lowest BCUT2D eigenvalue weighted by Gasteiger charge is -2.33. The summed E-state index contributed by atoms with van der Waals surface area (Å²) in [6, 6.07) is 8.60. The molecular weight excluding hydrogens is 272 g/mol. The number of aromatic amines is 1. The molecule has 5 heteroatoms. The van der Waals surface area contributed by atoms with Gasteiger partial charge >= 0.3 is 0 Å². The molecule has 0 saturated heterocycles. The molecule has 0 radical (unpaired) electrons. The minimum atomic E-state index is -2.90. The van der Waals surface area contributed by atoms with Crippen LogP contribution in [0.5, 0.6) is 0 Å². The first-order valence-electron chi connectivity index (χ1n) is 6.97. The molecule has 0 aliphatic carbocycles. The average molecular weight is 292 g/mol. The second-order valence-corrected chi connectivity index (χ2v) is 7.91. The Labute approximate surface area is 119 Å². The van der Waals surface area contributed by atoms with E-state index < -0.39 is 9.84 Å². The third-order valence-corrected chi connectivity index (χ3v) is 5.13. The minimum Gasteiger partial charge on any atom is -0.357 e. The van der Waals surface area contributed by atoms with E-state index >= 15 is 0 Å². The first-order chi connectivity index (χ1) is 9.46. The fourth-order valence-corrected chi connectivity index (χ4v) is 3.63. The summed E-state index contributed by atoms with van der Waals surface area (Å²) in [5, 5.41) is 1.30. The van der Waals surface area contributed by atoms with Gasteiger partial charge < -0.3 is 4.98 Å². The number of hydrogen-bond acceptors (Lipinski definition) is 3. The van der Waals surface area contributed by atoms with Crippen LogP contribution in [0.25, 0.3) is 10.9 Å². The Bertz CT molecular complexity index is 733. The van der Waals surface area contributed by atoms with Crippen molar-refractivity contribution >= 4 is 20.7 Å². The van der Waals surface area contributed by atoms with Crippen molar-refractivity contribution in [3.05, 3.63) is 35.5 Å². The van der Waals surface area contributed by atoms with Crippen LogP contribution in [-0.2, 0) is 16.3 Å². The van der Waals surface area contributed by atoms with Crippen molar-refractivity contribution in [3.63, 3.8) is 0 Å². The highest BCUT2D eigenvalue weighted by atomic mass is 32.2. The third kappa shape index (κ3) is 2.47. The molecule has 1 N–H and O–H groups in total. The van der Waals surface area contributed by atoms with Gasteiger partial charge in [0.2, 0.25) is 0 Å². The molecule has 1 aromatic heterocycles. The van der Waals surface area contributed by atoms with Gasteiger partial charge in [0.25, 0.3) is 0 Å². The van der Waals surface area contributed by atoms with Crippen LogP contribution in [0.4, 0.5) is 0 Å². The Hall–Kier alpha value is -1.33. The van der Waals surface area contributed by atoms with Gasteiger partial charge in [-0.15, -0.1) is 0 Å². The van der Waals surface area contributed by atoms with E-state index in [2.05, 4.69) is 35.0 Å². The molecule has 0 spiro atoms. The third-order valence-electron chi connectivity index (χ3n) is 4.21. The van der Waals surface area contributed by atoms with Crippen molar-refractivity contribution in [2.75, 3.05) is 25.1 Å². The zero-order valence-electron chi connectivity index (χ0n) is 11.9. The highest BCUT2D eigenvalue weighted by Gasteiger charge is 2.27. The second-order valence-electron chi connectivity index (χ2n) is 5.65. The van der Waals surface area contributed by atoms with E-state index in [-0.39, 0.29) is 11.8 Å². The molecule has 2 aromatic rings. The highest BCUT2D eigenvalue weighted by Crippen LogP contribution is 2.33. The maximum absolute atomic E-state index is 11.3. The van der Waals surface area contributed by atoms with E-state index in [4.69, 9.17) is 0 Å². The molecular formula is C15H20N2O2S. The number of para-hydroxylation sites is 1. The van der Waals surface area contributed by atoms with Gasteiger partial charge in [-0.2, -0.15) is 0 Å². The number of H-pyrrole nitrogens is 1. The lowest BCUT2D eigenvalue weighted by Crippen LogP contribution is -2.37. The molecule has 20 heavy (non-hydrogen) atoms. The van der Waals surface area contributed by atoms with E-state index in [0.29, 0.717) is 6.54 Å². The number of aromatic nitrogens is 1. The number of benzene rings is 1. The van der Waals surface area contributed by atoms with Crippen LogP contribution in [-0.4, -0.2) is 43.4 Å². The smallest absolute Gasteiger partial charge is 0.148 e. The lowest BCUT2D eigenvalue weighted by atomic mass is 9.98. The summed E-state index contributed by atoms with van der Waals surface area (Å²) in [7, 11) is -2.90. The Kier molecular flexibility index (Phi) is 3.34. The van der Waals surface area contributed by atoms with Crippen LogP contribution in [0.1, 0.15) is 24.2 Å². The van der Waals surface area contributed by atoms with Crippen molar-refractivity contribution in [2.24, 2.45) is 0 Å². The summed E-state index contributed by atoms with van der Waals surface area (Å²) in [5.41, 5.74) is 3.81. The minimum absolute atomic E-state index is 0.229. The standard InChI is InChI=1S/C15H20N2O2S/c1-11-15-13(12-5-3-4-6-14(12)16-15)7-8-17(11)9-10-20(2,18)19/h3-6,11,16H,7-10H2,1-2H3/t11-/m0/s1. The SMILES string of the molecule is C[C@H]1c2[nH]c3ccccc3c2CCN1CCS(C)(=O)=O. The average Bonchev–Trinajstić information content (AvgIpc) is 2.77. The number of nitrogens with zero attached hydrogens (tertiary/aromatic N) is 1. The number of rotatable bonds is 3. The molecule has 1 atom stereocenters. The normalized spacial score (nSPS) is 20.2. The zero-order valence-corrected chi connectivity index (χ0v) is 12.7. The molecule has 1 aliphatic rings. The molecule has 3 rings (SSSR count). The van der Waals surface area contributed by atoms with Crippen LogP contribution in [0, 0.1) is 0 Å². The monoisotopic (exact) mass is 292 g/mol.